The molecule has 1 aromatic rings. The molecule has 0 spiro atoms. The molecule has 5 nitrogen and oxygen atoms in total. The molecule has 0 unspecified atom stereocenters. The zero-order chi connectivity index (χ0) is 13.8. The Morgan fingerprint density at radius 2 is 2.37 bits per heavy atom. The monoisotopic (exact) mass is 265 g/mol. The fourth-order valence-electron chi connectivity index (χ4n) is 2.87. The number of carbonyl (C=O) groups is 1. The van der Waals surface area contributed by atoms with Crippen LogP contribution in [0.3, 0.4) is 0 Å². The van der Waals surface area contributed by atoms with Gasteiger partial charge in [-0.3, -0.25) is 4.79 Å². The molecular weight excluding hydrogens is 242 g/mol. The van der Waals surface area contributed by atoms with Crippen molar-refractivity contribution < 1.29 is 9.90 Å². The van der Waals surface area contributed by atoms with Gasteiger partial charge in [0.05, 0.1) is 12.0 Å². The number of nitrogens with zero attached hydrogens (tertiary/aromatic N) is 3. The van der Waals surface area contributed by atoms with Crippen molar-refractivity contribution in [3.05, 3.63) is 17.7 Å². The fraction of sp³-hybridized carbons (Fsp3) is 0.714. The smallest absolute Gasteiger partial charge is 0.272 e. The van der Waals surface area contributed by atoms with E-state index in [1.807, 2.05) is 18.9 Å². The summed E-state index contributed by atoms with van der Waals surface area (Å²) in [5.74, 6) is 0.615. The number of hydrogen-bond donors (Lipinski definition) is 1. The van der Waals surface area contributed by atoms with Gasteiger partial charge >= 0.3 is 0 Å². The number of aliphatic hydroxyl groups excluding tert-OH is 1. The summed E-state index contributed by atoms with van der Waals surface area (Å²) in [4.78, 5) is 18.7. The highest BCUT2D eigenvalue weighted by Crippen LogP contribution is 2.22. The zero-order valence-corrected chi connectivity index (χ0v) is 11.8. The number of aromatic nitrogens is 2. The van der Waals surface area contributed by atoms with Gasteiger partial charge in [0.1, 0.15) is 5.69 Å². The SMILES string of the molecule is Cc1ncn(C)c1C(=O)N1CCC[C@@H](CCCO)C1. The van der Waals surface area contributed by atoms with Crippen molar-refractivity contribution >= 4 is 5.91 Å². The quantitative estimate of drug-likeness (QED) is 0.894. The fourth-order valence-corrected chi connectivity index (χ4v) is 2.87. The van der Waals surface area contributed by atoms with E-state index in [0.717, 1.165) is 44.5 Å². The van der Waals surface area contributed by atoms with Gasteiger partial charge in [-0.1, -0.05) is 0 Å². The maximum Gasteiger partial charge on any atom is 0.272 e. The van der Waals surface area contributed by atoms with E-state index in [0.29, 0.717) is 11.6 Å². The van der Waals surface area contributed by atoms with E-state index in [-0.39, 0.29) is 12.5 Å². The van der Waals surface area contributed by atoms with E-state index in [1.54, 1.807) is 10.9 Å². The Labute approximate surface area is 114 Å². The van der Waals surface area contributed by atoms with E-state index in [9.17, 15) is 4.79 Å². The highest BCUT2D eigenvalue weighted by atomic mass is 16.2. The minimum atomic E-state index is 0.0891. The zero-order valence-electron chi connectivity index (χ0n) is 11.8. The first-order chi connectivity index (χ1) is 9.13. The van der Waals surface area contributed by atoms with Crippen molar-refractivity contribution in [3.63, 3.8) is 0 Å². The van der Waals surface area contributed by atoms with Crippen LogP contribution in [0.1, 0.15) is 41.9 Å². The standard InChI is InChI=1S/C14H23N3O2/c1-11-13(16(2)10-15-11)14(19)17-7-3-5-12(9-17)6-4-8-18/h10,12,18H,3-9H2,1-2H3/t12-/m0/s1. The summed E-state index contributed by atoms with van der Waals surface area (Å²) in [6.45, 7) is 3.76. The molecule has 1 aliphatic heterocycles. The third-order valence-electron chi connectivity index (χ3n) is 3.90. The maximum absolute atomic E-state index is 12.5. The lowest BCUT2D eigenvalue weighted by atomic mass is 9.93. The Morgan fingerprint density at radius 3 is 3.00 bits per heavy atom. The summed E-state index contributed by atoms with van der Waals surface area (Å²) in [5.41, 5.74) is 1.49. The molecule has 106 valence electrons. The number of hydrogen-bond acceptors (Lipinski definition) is 3. The van der Waals surface area contributed by atoms with Crippen LogP contribution < -0.4 is 0 Å². The van der Waals surface area contributed by atoms with Crippen LogP contribution in [0.4, 0.5) is 0 Å². The molecule has 1 atom stereocenters. The second-order valence-electron chi connectivity index (χ2n) is 5.41. The topological polar surface area (TPSA) is 58.4 Å². The van der Waals surface area contributed by atoms with Crippen molar-refractivity contribution in [2.24, 2.45) is 13.0 Å². The van der Waals surface area contributed by atoms with Crippen molar-refractivity contribution in [1.29, 1.82) is 0 Å². The van der Waals surface area contributed by atoms with Gasteiger partial charge in [0.25, 0.3) is 5.91 Å². The number of aliphatic hydroxyl groups is 1. The average molecular weight is 265 g/mol. The van der Waals surface area contributed by atoms with E-state index >= 15 is 0 Å². The van der Waals surface area contributed by atoms with Gasteiger partial charge < -0.3 is 14.6 Å². The predicted molar refractivity (Wildman–Crippen MR) is 72.9 cm³/mol. The molecular formula is C14H23N3O2. The van der Waals surface area contributed by atoms with Crippen LogP contribution in [-0.2, 0) is 7.05 Å². The average Bonchev–Trinajstić information content (AvgIpc) is 2.75. The summed E-state index contributed by atoms with van der Waals surface area (Å²) >= 11 is 0. The number of amides is 1. The first kappa shape index (κ1) is 14.1. The molecule has 0 aromatic carbocycles. The lowest BCUT2D eigenvalue weighted by molar-refractivity contribution is 0.0653. The number of rotatable bonds is 4. The second kappa shape index (κ2) is 6.19. The number of piperidine rings is 1. The lowest BCUT2D eigenvalue weighted by Gasteiger charge is -2.33. The predicted octanol–water partition coefficient (Wildman–Crippen LogP) is 1.35. The number of likely N-dealkylation sites (tertiary alicyclic amines) is 1. The van der Waals surface area contributed by atoms with E-state index in [2.05, 4.69) is 4.98 Å². The van der Waals surface area contributed by atoms with Crippen LogP contribution in [0.25, 0.3) is 0 Å². The van der Waals surface area contributed by atoms with Crippen molar-refractivity contribution in [3.8, 4) is 0 Å². The summed E-state index contributed by atoms with van der Waals surface area (Å²) < 4.78 is 1.80. The largest absolute Gasteiger partial charge is 0.396 e. The second-order valence-corrected chi connectivity index (χ2v) is 5.41. The van der Waals surface area contributed by atoms with Crippen molar-refractivity contribution in [1.82, 2.24) is 14.5 Å². The molecule has 1 saturated heterocycles. The van der Waals surface area contributed by atoms with Gasteiger partial charge in [0.15, 0.2) is 0 Å². The molecule has 2 heterocycles. The summed E-state index contributed by atoms with van der Waals surface area (Å²) in [7, 11) is 1.86. The highest BCUT2D eigenvalue weighted by Gasteiger charge is 2.26. The number of aryl methyl sites for hydroxylation is 2. The minimum absolute atomic E-state index is 0.0891. The molecule has 1 amide bonds. The Kier molecular flexibility index (Phi) is 4.58. The molecule has 0 aliphatic carbocycles. The van der Waals surface area contributed by atoms with Gasteiger partial charge in [0, 0.05) is 26.7 Å². The van der Waals surface area contributed by atoms with Crippen LogP contribution in [-0.4, -0.2) is 45.2 Å². The van der Waals surface area contributed by atoms with Gasteiger partial charge in [-0.25, -0.2) is 4.98 Å². The van der Waals surface area contributed by atoms with E-state index in [4.69, 9.17) is 5.11 Å². The Bertz CT molecular complexity index is 422. The normalized spacial score (nSPS) is 19.7. The lowest BCUT2D eigenvalue weighted by Crippen LogP contribution is -2.40. The molecule has 5 heteroatoms. The van der Waals surface area contributed by atoms with Crippen LogP contribution in [0.5, 0.6) is 0 Å². The maximum atomic E-state index is 12.5. The Hall–Kier alpha value is -1.36. The van der Waals surface area contributed by atoms with Gasteiger partial charge in [-0.2, -0.15) is 0 Å². The first-order valence-corrected chi connectivity index (χ1v) is 7.01. The summed E-state index contributed by atoms with van der Waals surface area (Å²) in [5, 5.41) is 8.90. The molecule has 1 fully saturated rings. The number of imidazole rings is 1. The molecule has 2 rings (SSSR count). The molecule has 0 radical (unpaired) electrons. The minimum Gasteiger partial charge on any atom is -0.396 e. The van der Waals surface area contributed by atoms with E-state index in [1.165, 1.54) is 0 Å². The Morgan fingerprint density at radius 1 is 1.58 bits per heavy atom. The molecule has 0 bridgehead atoms. The van der Waals surface area contributed by atoms with Crippen LogP contribution in [0.15, 0.2) is 6.33 Å². The van der Waals surface area contributed by atoms with Crippen LogP contribution in [0, 0.1) is 12.8 Å². The number of carbonyl (C=O) groups excluding carboxylic acids is 1. The van der Waals surface area contributed by atoms with Gasteiger partial charge in [-0.15, -0.1) is 0 Å². The first-order valence-electron chi connectivity index (χ1n) is 7.01. The van der Waals surface area contributed by atoms with Crippen LogP contribution >= 0.6 is 0 Å². The van der Waals surface area contributed by atoms with Crippen molar-refractivity contribution in [2.45, 2.75) is 32.6 Å². The Balaban J connectivity index is 2.03. The van der Waals surface area contributed by atoms with E-state index < -0.39 is 0 Å². The molecule has 1 aromatic heterocycles. The molecule has 0 saturated carbocycles. The van der Waals surface area contributed by atoms with Gasteiger partial charge in [0.2, 0.25) is 0 Å². The molecule has 1 N–H and O–H groups in total. The molecule has 1 aliphatic rings. The van der Waals surface area contributed by atoms with Crippen molar-refractivity contribution in [2.75, 3.05) is 19.7 Å². The van der Waals surface area contributed by atoms with Crippen LogP contribution in [0.2, 0.25) is 0 Å². The highest BCUT2D eigenvalue weighted by molar-refractivity contribution is 5.93. The summed E-state index contributed by atoms with van der Waals surface area (Å²) in [6, 6.07) is 0. The van der Waals surface area contributed by atoms with Gasteiger partial charge in [-0.05, 0) is 38.5 Å². The third kappa shape index (κ3) is 3.15. The summed E-state index contributed by atoms with van der Waals surface area (Å²) in [6.07, 6.45) is 5.74. The molecule has 19 heavy (non-hydrogen) atoms. The third-order valence-corrected chi connectivity index (χ3v) is 3.90.